The van der Waals surface area contributed by atoms with Gasteiger partial charge in [-0.2, -0.15) is 0 Å². The average molecular weight is 274 g/mol. The van der Waals surface area contributed by atoms with Crippen LogP contribution in [0.25, 0.3) is 0 Å². The molecule has 5 nitrogen and oxygen atoms in total. The van der Waals surface area contributed by atoms with Crippen molar-refractivity contribution in [2.45, 2.75) is 31.8 Å². The quantitative estimate of drug-likeness (QED) is 0.828. The van der Waals surface area contributed by atoms with Gasteiger partial charge >= 0.3 is 6.09 Å². The standard InChI is InChI=1S/C15H18N2O3/c16-8-14-9-17(15(19)20-14)12-5-4-11-7-13(18)3-1-2-10(11)6-12/h4-6,14H,1-3,7-9,16H2/t14-/m0/s1. The fourth-order valence-corrected chi connectivity index (χ4v) is 2.82. The molecular formula is C15H18N2O3. The lowest BCUT2D eigenvalue weighted by molar-refractivity contribution is -0.118. The van der Waals surface area contributed by atoms with Crippen LogP contribution in [-0.2, 0) is 22.4 Å². The molecule has 0 aromatic heterocycles. The van der Waals surface area contributed by atoms with Gasteiger partial charge in [0.05, 0.1) is 6.54 Å². The number of carbonyl (C=O) groups is 2. The minimum atomic E-state index is -0.343. The van der Waals surface area contributed by atoms with Gasteiger partial charge in [0.2, 0.25) is 0 Å². The lowest BCUT2D eigenvalue weighted by atomic mass is 10.0. The van der Waals surface area contributed by atoms with Crippen molar-refractivity contribution in [2.75, 3.05) is 18.0 Å². The Balaban J connectivity index is 1.87. The van der Waals surface area contributed by atoms with Crippen molar-refractivity contribution in [1.82, 2.24) is 0 Å². The molecule has 0 bridgehead atoms. The maximum Gasteiger partial charge on any atom is 0.414 e. The molecule has 1 fully saturated rings. The Labute approximate surface area is 117 Å². The van der Waals surface area contributed by atoms with E-state index in [-0.39, 0.29) is 12.2 Å². The molecule has 1 saturated heterocycles. The third-order valence-corrected chi connectivity index (χ3v) is 3.93. The first-order valence-electron chi connectivity index (χ1n) is 6.99. The normalized spacial score (nSPS) is 22.4. The van der Waals surface area contributed by atoms with E-state index in [0.717, 1.165) is 29.7 Å². The van der Waals surface area contributed by atoms with E-state index in [0.29, 0.717) is 31.7 Å². The van der Waals surface area contributed by atoms with Crippen molar-refractivity contribution in [1.29, 1.82) is 0 Å². The summed E-state index contributed by atoms with van der Waals surface area (Å²) in [5.74, 6) is 0.292. The fraction of sp³-hybridized carbons (Fsp3) is 0.467. The van der Waals surface area contributed by atoms with Crippen LogP contribution < -0.4 is 10.6 Å². The van der Waals surface area contributed by atoms with Gasteiger partial charge < -0.3 is 10.5 Å². The average Bonchev–Trinajstić information content (AvgIpc) is 2.71. The highest BCUT2D eigenvalue weighted by Crippen LogP contribution is 2.27. The zero-order valence-electron chi connectivity index (χ0n) is 11.3. The van der Waals surface area contributed by atoms with Gasteiger partial charge in [0.1, 0.15) is 11.9 Å². The van der Waals surface area contributed by atoms with Crippen LogP contribution in [-0.4, -0.2) is 31.1 Å². The summed E-state index contributed by atoms with van der Waals surface area (Å²) in [5.41, 5.74) is 8.62. The minimum Gasteiger partial charge on any atom is -0.443 e. The number of ether oxygens (including phenoxy) is 1. The third kappa shape index (κ3) is 2.41. The van der Waals surface area contributed by atoms with E-state index < -0.39 is 0 Å². The Bertz CT molecular complexity index is 556. The lowest BCUT2D eigenvalue weighted by Crippen LogP contribution is -2.27. The number of carbonyl (C=O) groups excluding carboxylic acids is 2. The first-order valence-corrected chi connectivity index (χ1v) is 6.99. The van der Waals surface area contributed by atoms with Crippen LogP contribution in [0.2, 0.25) is 0 Å². The summed E-state index contributed by atoms with van der Waals surface area (Å²) in [4.78, 5) is 25.1. The van der Waals surface area contributed by atoms with Crippen molar-refractivity contribution < 1.29 is 14.3 Å². The van der Waals surface area contributed by atoms with Gasteiger partial charge in [-0.15, -0.1) is 0 Å². The van der Waals surface area contributed by atoms with Gasteiger partial charge in [0.25, 0.3) is 0 Å². The number of anilines is 1. The minimum absolute atomic E-state index is 0.233. The van der Waals surface area contributed by atoms with E-state index in [1.54, 1.807) is 4.90 Å². The topological polar surface area (TPSA) is 72.6 Å². The number of nitrogens with zero attached hydrogens (tertiary/aromatic N) is 1. The van der Waals surface area contributed by atoms with Gasteiger partial charge in [0.15, 0.2) is 0 Å². The van der Waals surface area contributed by atoms with E-state index in [1.165, 1.54) is 0 Å². The molecule has 0 spiro atoms. The second kappa shape index (κ2) is 5.25. The Morgan fingerprint density at radius 2 is 2.10 bits per heavy atom. The number of benzene rings is 1. The number of hydrogen-bond donors (Lipinski definition) is 1. The summed E-state index contributed by atoms with van der Waals surface area (Å²) in [6.07, 6.45) is 2.34. The zero-order chi connectivity index (χ0) is 14.1. The van der Waals surface area contributed by atoms with E-state index >= 15 is 0 Å². The van der Waals surface area contributed by atoms with Gasteiger partial charge in [-0.1, -0.05) is 6.07 Å². The van der Waals surface area contributed by atoms with Crippen molar-refractivity contribution in [3.05, 3.63) is 29.3 Å². The van der Waals surface area contributed by atoms with Gasteiger partial charge in [-0.05, 0) is 36.1 Å². The van der Waals surface area contributed by atoms with Crippen molar-refractivity contribution >= 4 is 17.6 Å². The number of fused-ring (bicyclic) bond motifs is 1. The number of rotatable bonds is 2. The molecule has 1 aromatic rings. The van der Waals surface area contributed by atoms with E-state index in [4.69, 9.17) is 10.5 Å². The number of aryl methyl sites for hydroxylation is 1. The zero-order valence-corrected chi connectivity index (χ0v) is 11.3. The molecular weight excluding hydrogens is 256 g/mol. The number of Topliss-reactive ketones (excluding diaryl/α,β-unsaturated/α-hetero) is 1. The second-order valence-electron chi connectivity index (χ2n) is 5.37. The molecule has 1 aliphatic heterocycles. The van der Waals surface area contributed by atoms with Crippen molar-refractivity contribution in [3.8, 4) is 0 Å². The molecule has 2 N–H and O–H groups in total. The lowest BCUT2D eigenvalue weighted by Gasteiger charge is -2.15. The van der Waals surface area contributed by atoms with Crippen LogP contribution in [0.1, 0.15) is 24.0 Å². The second-order valence-corrected chi connectivity index (χ2v) is 5.37. The van der Waals surface area contributed by atoms with E-state index in [1.807, 2.05) is 18.2 Å². The molecule has 2 aliphatic rings. The first kappa shape index (κ1) is 13.1. The predicted octanol–water partition coefficient (Wildman–Crippen LogP) is 1.42. The molecule has 5 heteroatoms. The summed E-state index contributed by atoms with van der Waals surface area (Å²) in [6, 6.07) is 5.85. The highest BCUT2D eigenvalue weighted by Gasteiger charge is 2.31. The number of hydrogen-bond acceptors (Lipinski definition) is 4. The summed E-state index contributed by atoms with van der Waals surface area (Å²) < 4.78 is 5.17. The Hall–Kier alpha value is -1.88. The smallest absolute Gasteiger partial charge is 0.414 e. The monoisotopic (exact) mass is 274 g/mol. The molecule has 3 rings (SSSR count). The molecule has 0 saturated carbocycles. The Kier molecular flexibility index (Phi) is 3.44. The van der Waals surface area contributed by atoms with Crippen LogP contribution in [0.5, 0.6) is 0 Å². The molecule has 1 heterocycles. The maximum atomic E-state index is 11.8. The van der Waals surface area contributed by atoms with Gasteiger partial charge in [0, 0.05) is 25.1 Å². The third-order valence-electron chi connectivity index (χ3n) is 3.93. The Morgan fingerprint density at radius 1 is 1.25 bits per heavy atom. The van der Waals surface area contributed by atoms with Crippen LogP contribution in [0.15, 0.2) is 18.2 Å². The van der Waals surface area contributed by atoms with Crippen LogP contribution in [0.4, 0.5) is 10.5 Å². The number of amides is 1. The number of cyclic esters (lactones) is 1. The number of nitrogens with two attached hydrogens (primary N) is 1. The van der Waals surface area contributed by atoms with Crippen LogP contribution in [0.3, 0.4) is 0 Å². The molecule has 1 aromatic carbocycles. The molecule has 0 unspecified atom stereocenters. The molecule has 1 amide bonds. The van der Waals surface area contributed by atoms with Crippen molar-refractivity contribution in [2.24, 2.45) is 5.73 Å². The van der Waals surface area contributed by atoms with Gasteiger partial charge in [-0.25, -0.2) is 4.79 Å². The summed E-state index contributed by atoms with van der Waals surface area (Å²) in [6.45, 7) is 0.828. The molecule has 1 atom stereocenters. The summed E-state index contributed by atoms with van der Waals surface area (Å²) >= 11 is 0. The SMILES string of the molecule is NC[C@H]1CN(c2ccc3c(c2)CCCC(=O)C3)C(=O)O1. The molecule has 106 valence electrons. The largest absolute Gasteiger partial charge is 0.443 e. The van der Waals surface area contributed by atoms with Crippen LogP contribution >= 0.6 is 0 Å². The molecule has 20 heavy (non-hydrogen) atoms. The van der Waals surface area contributed by atoms with E-state index in [9.17, 15) is 9.59 Å². The predicted molar refractivity (Wildman–Crippen MR) is 74.8 cm³/mol. The first-order chi connectivity index (χ1) is 9.67. The summed E-state index contributed by atoms with van der Waals surface area (Å²) in [5, 5.41) is 0. The Morgan fingerprint density at radius 3 is 2.85 bits per heavy atom. The number of ketones is 1. The van der Waals surface area contributed by atoms with E-state index in [2.05, 4.69) is 0 Å². The highest BCUT2D eigenvalue weighted by molar-refractivity contribution is 5.90. The highest BCUT2D eigenvalue weighted by atomic mass is 16.6. The van der Waals surface area contributed by atoms with Crippen molar-refractivity contribution in [3.63, 3.8) is 0 Å². The van der Waals surface area contributed by atoms with Crippen LogP contribution in [0, 0.1) is 0 Å². The maximum absolute atomic E-state index is 11.8. The fourth-order valence-electron chi connectivity index (χ4n) is 2.82. The molecule has 1 aliphatic carbocycles. The van der Waals surface area contributed by atoms with Gasteiger partial charge in [-0.3, -0.25) is 9.69 Å². The molecule has 0 radical (unpaired) electrons. The summed E-state index contributed by atoms with van der Waals surface area (Å²) in [7, 11) is 0.